The lowest BCUT2D eigenvalue weighted by Gasteiger charge is -2.17. The van der Waals surface area contributed by atoms with Gasteiger partial charge in [0.1, 0.15) is 0 Å². The summed E-state index contributed by atoms with van der Waals surface area (Å²) in [7, 11) is 0. The van der Waals surface area contributed by atoms with Crippen molar-refractivity contribution in [3.05, 3.63) is 53.6 Å². The van der Waals surface area contributed by atoms with Crippen molar-refractivity contribution in [3.8, 4) is 0 Å². The molecule has 0 aromatic heterocycles. The Kier molecular flexibility index (Phi) is 4.48. The average molecular weight is 283 g/mol. The van der Waals surface area contributed by atoms with Crippen LogP contribution in [0.4, 0.5) is 21.9 Å². The predicted molar refractivity (Wildman–Crippen MR) is 88.8 cm³/mol. The molecule has 0 fully saturated rings. The van der Waals surface area contributed by atoms with Gasteiger partial charge >= 0.3 is 6.03 Å². The van der Waals surface area contributed by atoms with Gasteiger partial charge in [0.05, 0.1) is 0 Å². The van der Waals surface area contributed by atoms with E-state index in [9.17, 15) is 4.79 Å². The molecule has 0 atom stereocenters. The lowest BCUT2D eigenvalue weighted by atomic mass is 9.98. The van der Waals surface area contributed by atoms with Crippen molar-refractivity contribution in [2.45, 2.75) is 26.7 Å². The number of anilines is 3. The van der Waals surface area contributed by atoms with Crippen LogP contribution in [0.1, 0.15) is 30.9 Å². The number of para-hydroxylation sites is 1. The van der Waals surface area contributed by atoms with Gasteiger partial charge in [-0.2, -0.15) is 0 Å². The first-order valence-corrected chi connectivity index (χ1v) is 7.00. The van der Waals surface area contributed by atoms with E-state index in [0.29, 0.717) is 17.3 Å². The highest BCUT2D eigenvalue weighted by Crippen LogP contribution is 2.27. The van der Waals surface area contributed by atoms with Gasteiger partial charge in [0.2, 0.25) is 0 Å². The Labute approximate surface area is 125 Å². The van der Waals surface area contributed by atoms with Gasteiger partial charge in [-0.25, -0.2) is 4.79 Å². The summed E-state index contributed by atoms with van der Waals surface area (Å²) in [6, 6.07) is 12.9. The van der Waals surface area contributed by atoms with E-state index in [0.717, 1.165) is 16.8 Å². The number of hydrogen-bond donors (Lipinski definition) is 3. The maximum atomic E-state index is 12.2. The van der Waals surface area contributed by atoms with E-state index in [2.05, 4.69) is 24.5 Å². The van der Waals surface area contributed by atoms with E-state index in [1.807, 2.05) is 25.1 Å². The van der Waals surface area contributed by atoms with E-state index in [4.69, 9.17) is 5.73 Å². The molecule has 0 aliphatic rings. The van der Waals surface area contributed by atoms with E-state index >= 15 is 0 Å². The van der Waals surface area contributed by atoms with Crippen molar-refractivity contribution in [2.24, 2.45) is 0 Å². The van der Waals surface area contributed by atoms with Crippen LogP contribution >= 0.6 is 0 Å². The molecule has 2 aromatic rings. The number of urea groups is 1. The predicted octanol–water partition coefficient (Wildman–Crippen LogP) is 4.34. The standard InChI is InChI=1S/C17H21N3O/c1-11(2)15-9-4-6-12(3)16(15)20-17(21)19-14-8-5-7-13(18)10-14/h4-11H,18H2,1-3H3,(H2,19,20,21). The zero-order chi connectivity index (χ0) is 15.4. The Morgan fingerprint density at radius 2 is 1.81 bits per heavy atom. The first-order chi connectivity index (χ1) is 9.97. The number of aryl methyl sites for hydroxylation is 1. The molecule has 0 heterocycles. The minimum absolute atomic E-state index is 0.267. The fourth-order valence-corrected chi connectivity index (χ4v) is 2.23. The third-order valence-electron chi connectivity index (χ3n) is 3.31. The topological polar surface area (TPSA) is 67.2 Å². The summed E-state index contributed by atoms with van der Waals surface area (Å²) < 4.78 is 0. The molecule has 4 N–H and O–H groups in total. The van der Waals surface area contributed by atoms with Crippen molar-refractivity contribution in [1.29, 1.82) is 0 Å². The normalized spacial score (nSPS) is 10.5. The molecule has 0 saturated heterocycles. The van der Waals surface area contributed by atoms with Crippen LogP contribution in [0.5, 0.6) is 0 Å². The molecular formula is C17H21N3O. The third kappa shape index (κ3) is 3.75. The van der Waals surface area contributed by atoms with Crippen LogP contribution < -0.4 is 16.4 Å². The zero-order valence-corrected chi connectivity index (χ0v) is 12.6. The van der Waals surface area contributed by atoms with Gasteiger partial charge in [-0.05, 0) is 42.2 Å². The van der Waals surface area contributed by atoms with E-state index in [1.165, 1.54) is 0 Å². The minimum Gasteiger partial charge on any atom is -0.399 e. The maximum Gasteiger partial charge on any atom is 0.323 e. The van der Waals surface area contributed by atoms with Crippen molar-refractivity contribution in [3.63, 3.8) is 0 Å². The molecule has 4 heteroatoms. The first-order valence-electron chi connectivity index (χ1n) is 7.00. The number of carbonyl (C=O) groups excluding carboxylic acids is 1. The number of rotatable bonds is 3. The maximum absolute atomic E-state index is 12.2. The molecule has 110 valence electrons. The molecule has 4 nitrogen and oxygen atoms in total. The molecule has 0 radical (unpaired) electrons. The lowest BCUT2D eigenvalue weighted by Crippen LogP contribution is -2.21. The van der Waals surface area contributed by atoms with Gasteiger partial charge in [-0.3, -0.25) is 0 Å². The first kappa shape index (κ1) is 14.9. The second-order valence-electron chi connectivity index (χ2n) is 5.40. The SMILES string of the molecule is Cc1cccc(C(C)C)c1NC(=O)Nc1cccc(N)c1. The van der Waals surface area contributed by atoms with Crippen LogP contribution in [0.25, 0.3) is 0 Å². The van der Waals surface area contributed by atoms with Crippen molar-refractivity contribution >= 4 is 23.1 Å². The number of hydrogen-bond acceptors (Lipinski definition) is 2. The van der Waals surface area contributed by atoms with Gasteiger partial charge in [0, 0.05) is 17.1 Å². The molecule has 0 bridgehead atoms. The van der Waals surface area contributed by atoms with Crippen molar-refractivity contribution < 1.29 is 4.79 Å². The van der Waals surface area contributed by atoms with E-state index < -0.39 is 0 Å². The molecule has 2 amide bonds. The number of nitrogens with one attached hydrogen (secondary N) is 2. The van der Waals surface area contributed by atoms with Crippen molar-refractivity contribution in [2.75, 3.05) is 16.4 Å². The largest absolute Gasteiger partial charge is 0.399 e. The van der Waals surface area contributed by atoms with Crippen molar-refractivity contribution in [1.82, 2.24) is 0 Å². The summed E-state index contributed by atoms with van der Waals surface area (Å²) in [4.78, 5) is 12.2. The molecule has 21 heavy (non-hydrogen) atoms. The van der Waals surface area contributed by atoms with Gasteiger partial charge in [0.25, 0.3) is 0 Å². The molecule has 2 aromatic carbocycles. The second-order valence-corrected chi connectivity index (χ2v) is 5.40. The Balaban J connectivity index is 2.17. The molecule has 0 spiro atoms. The van der Waals surface area contributed by atoms with Gasteiger partial charge < -0.3 is 16.4 Å². The Morgan fingerprint density at radius 3 is 2.48 bits per heavy atom. The number of nitrogens with two attached hydrogens (primary N) is 1. The number of carbonyl (C=O) groups is 1. The van der Waals surface area contributed by atoms with E-state index in [-0.39, 0.29) is 6.03 Å². The zero-order valence-electron chi connectivity index (χ0n) is 12.6. The third-order valence-corrected chi connectivity index (χ3v) is 3.31. The Hall–Kier alpha value is -2.49. The van der Waals surface area contributed by atoms with Crippen LogP contribution in [-0.2, 0) is 0 Å². The fraction of sp³-hybridized carbons (Fsp3) is 0.235. The van der Waals surface area contributed by atoms with Crippen LogP contribution in [0.15, 0.2) is 42.5 Å². The molecule has 0 aliphatic carbocycles. The van der Waals surface area contributed by atoms with Crippen LogP contribution in [0, 0.1) is 6.92 Å². The molecule has 0 unspecified atom stereocenters. The smallest absolute Gasteiger partial charge is 0.323 e. The van der Waals surface area contributed by atoms with Gasteiger partial charge in [0.15, 0.2) is 0 Å². The fourth-order valence-electron chi connectivity index (χ4n) is 2.23. The summed E-state index contributed by atoms with van der Waals surface area (Å²) in [6.07, 6.45) is 0. The molecular weight excluding hydrogens is 262 g/mol. The quantitative estimate of drug-likeness (QED) is 0.733. The Morgan fingerprint density at radius 1 is 1.10 bits per heavy atom. The highest BCUT2D eigenvalue weighted by Gasteiger charge is 2.12. The second kappa shape index (κ2) is 6.31. The summed E-state index contributed by atoms with van der Waals surface area (Å²) in [5.74, 6) is 0.340. The molecule has 0 saturated carbocycles. The number of amides is 2. The monoisotopic (exact) mass is 283 g/mol. The van der Waals surface area contributed by atoms with Crippen LogP contribution in [0.3, 0.4) is 0 Å². The number of benzene rings is 2. The summed E-state index contributed by atoms with van der Waals surface area (Å²) >= 11 is 0. The minimum atomic E-state index is -0.267. The van der Waals surface area contributed by atoms with Gasteiger partial charge in [-0.1, -0.05) is 38.1 Å². The molecule has 2 rings (SSSR count). The van der Waals surface area contributed by atoms with E-state index in [1.54, 1.807) is 24.3 Å². The average Bonchev–Trinajstić information content (AvgIpc) is 2.40. The van der Waals surface area contributed by atoms with Gasteiger partial charge in [-0.15, -0.1) is 0 Å². The lowest BCUT2D eigenvalue weighted by molar-refractivity contribution is 0.262. The summed E-state index contributed by atoms with van der Waals surface area (Å²) in [5.41, 5.74) is 10.0. The summed E-state index contributed by atoms with van der Waals surface area (Å²) in [5, 5.41) is 5.73. The Bertz CT molecular complexity index is 650. The highest BCUT2D eigenvalue weighted by atomic mass is 16.2. The highest BCUT2D eigenvalue weighted by molar-refractivity contribution is 6.01. The van der Waals surface area contributed by atoms with Crippen LogP contribution in [-0.4, -0.2) is 6.03 Å². The molecule has 0 aliphatic heterocycles. The number of nitrogen functional groups attached to an aromatic ring is 1. The summed E-state index contributed by atoms with van der Waals surface area (Å²) in [6.45, 7) is 6.20. The van der Waals surface area contributed by atoms with Crippen LogP contribution in [0.2, 0.25) is 0 Å².